The summed E-state index contributed by atoms with van der Waals surface area (Å²) in [7, 11) is 0. The number of amides is 2. The average Bonchev–Trinajstić information content (AvgIpc) is 2.70. The van der Waals surface area contributed by atoms with E-state index in [0.717, 1.165) is 37.8 Å². The van der Waals surface area contributed by atoms with Crippen molar-refractivity contribution >= 4 is 17.5 Å². The molecule has 2 aromatic rings. The molecule has 3 rings (SSSR count). The number of anilines is 1. The number of carbonyl (C=O) groups excluding carboxylic acids is 2. The lowest BCUT2D eigenvalue weighted by atomic mass is 9.99. The van der Waals surface area contributed by atoms with E-state index in [1.54, 1.807) is 0 Å². The fourth-order valence-corrected chi connectivity index (χ4v) is 3.31. The van der Waals surface area contributed by atoms with E-state index in [-0.39, 0.29) is 28.9 Å². The van der Waals surface area contributed by atoms with Gasteiger partial charge in [-0.15, -0.1) is 0 Å². The Morgan fingerprint density at radius 1 is 1.19 bits per heavy atom. The monoisotopic (exact) mass is 373 g/mol. The van der Waals surface area contributed by atoms with Crippen LogP contribution in [0.15, 0.2) is 36.5 Å². The van der Waals surface area contributed by atoms with Crippen LogP contribution in [0.25, 0.3) is 0 Å². The molecular formula is C20H21F2N3O2. The molecule has 5 nitrogen and oxygen atoms in total. The Bertz CT molecular complexity index is 857. The molecule has 1 aromatic carbocycles. The van der Waals surface area contributed by atoms with E-state index in [1.165, 1.54) is 24.4 Å². The van der Waals surface area contributed by atoms with Crippen molar-refractivity contribution in [1.29, 1.82) is 0 Å². The number of hydrogen-bond acceptors (Lipinski definition) is 3. The third-order valence-electron chi connectivity index (χ3n) is 4.78. The number of halogens is 2. The van der Waals surface area contributed by atoms with Gasteiger partial charge in [0.1, 0.15) is 5.69 Å². The van der Waals surface area contributed by atoms with Crippen molar-refractivity contribution in [1.82, 2.24) is 9.88 Å². The van der Waals surface area contributed by atoms with E-state index in [4.69, 9.17) is 0 Å². The van der Waals surface area contributed by atoms with Crippen LogP contribution in [0, 0.1) is 11.6 Å². The lowest BCUT2D eigenvalue weighted by Gasteiger charge is -2.35. The molecule has 0 bridgehead atoms. The van der Waals surface area contributed by atoms with Crippen molar-refractivity contribution in [2.24, 2.45) is 0 Å². The zero-order valence-electron chi connectivity index (χ0n) is 15.0. The first-order valence-corrected chi connectivity index (χ1v) is 9.03. The van der Waals surface area contributed by atoms with Crippen LogP contribution in [0.4, 0.5) is 14.5 Å². The highest BCUT2D eigenvalue weighted by Crippen LogP contribution is 2.22. The molecule has 0 radical (unpaired) electrons. The second kappa shape index (κ2) is 8.24. The minimum absolute atomic E-state index is 0.130. The summed E-state index contributed by atoms with van der Waals surface area (Å²) >= 11 is 0. The highest BCUT2D eigenvalue weighted by molar-refractivity contribution is 6.05. The number of nitrogens with zero attached hydrogens (tertiary/aromatic N) is 2. The second-order valence-corrected chi connectivity index (χ2v) is 6.57. The van der Waals surface area contributed by atoms with Crippen LogP contribution < -0.4 is 5.32 Å². The Morgan fingerprint density at radius 3 is 2.74 bits per heavy atom. The highest BCUT2D eigenvalue weighted by Gasteiger charge is 2.27. The summed E-state index contributed by atoms with van der Waals surface area (Å²) in [4.78, 5) is 31.2. The van der Waals surface area contributed by atoms with Gasteiger partial charge in [0.25, 0.3) is 11.8 Å². The first kappa shape index (κ1) is 18.9. The lowest BCUT2D eigenvalue weighted by Crippen LogP contribution is -2.43. The number of aromatic nitrogens is 1. The number of piperidine rings is 1. The topological polar surface area (TPSA) is 62.3 Å². The van der Waals surface area contributed by atoms with E-state index < -0.39 is 17.5 Å². The number of pyridine rings is 1. The molecule has 27 heavy (non-hydrogen) atoms. The highest BCUT2D eigenvalue weighted by atomic mass is 19.2. The number of likely N-dealkylation sites (tertiary alicyclic amines) is 1. The molecule has 1 aliphatic heterocycles. The van der Waals surface area contributed by atoms with Crippen molar-refractivity contribution in [2.45, 2.75) is 38.6 Å². The molecule has 7 heteroatoms. The average molecular weight is 373 g/mol. The van der Waals surface area contributed by atoms with Crippen molar-refractivity contribution in [3.8, 4) is 0 Å². The maximum absolute atomic E-state index is 13.3. The fraction of sp³-hybridized carbons (Fsp3) is 0.350. The van der Waals surface area contributed by atoms with Crippen LogP contribution in [-0.2, 0) is 0 Å². The molecular weight excluding hydrogens is 352 g/mol. The van der Waals surface area contributed by atoms with Gasteiger partial charge in [-0.25, -0.2) is 8.78 Å². The first-order chi connectivity index (χ1) is 13.0. The SMILES string of the molecule is CCC1CCCCN1C(=O)c1cc(C(=O)Nc2ccc(F)c(F)c2)ccn1. The molecule has 2 amide bonds. The van der Waals surface area contributed by atoms with E-state index in [9.17, 15) is 18.4 Å². The largest absolute Gasteiger partial charge is 0.334 e. The van der Waals surface area contributed by atoms with Crippen molar-refractivity contribution in [3.05, 3.63) is 59.4 Å². The predicted octanol–water partition coefficient (Wildman–Crippen LogP) is 4.02. The molecule has 2 heterocycles. The summed E-state index contributed by atoms with van der Waals surface area (Å²) in [6, 6.07) is 6.20. The quantitative estimate of drug-likeness (QED) is 0.881. The maximum Gasteiger partial charge on any atom is 0.272 e. The molecule has 1 aromatic heterocycles. The summed E-state index contributed by atoms with van der Waals surface area (Å²) in [6.45, 7) is 2.74. The van der Waals surface area contributed by atoms with Crippen molar-refractivity contribution in [3.63, 3.8) is 0 Å². The molecule has 0 saturated carbocycles. The minimum atomic E-state index is -1.05. The summed E-state index contributed by atoms with van der Waals surface area (Å²) in [6.07, 6.45) is 5.31. The molecule has 142 valence electrons. The second-order valence-electron chi connectivity index (χ2n) is 6.57. The van der Waals surface area contributed by atoms with Gasteiger partial charge in [0.2, 0.25) is 0 Å². The van der Waals surface area contributed by atoms with E-state index in [1.807, 2.05) is 4.90 Å². The van der Waals surface area contributed by atoms with Gasteiger partial charge in [0.05, 0.1) is 0 Å². The van der Waals surface area contributed by atoms with E-state index in [0.29, 0.717) is 6.54 Å². The van der Waals surface area contributed by atoms with Crippen molar-refractivity contribution < 1.29 is 18.4 Å². The van der Waals surface area contributed by atoms with Gasteiger partial charge in [-0.2, -0.15) is 0 Å². The van der Waals surface area contributed by atoms with Crippen molar-refractivity contribution in [2.75, 3.05) is 11.9 Å². The van der Waals surface area contributed by atoms with Crippen LogP contribution in [0.3, 0.4) is 0 Å². The zero-order valence-corrected chi connectivity index (χ0v) is 15.0. The van der Waals surface area contributed by atoms with Crippen LogP contribution in [-0.4, -0.2) is 34.3 Å². The Kier molecular flexibility index (Phi) is 5.78. The summed E-state index contributed by atoms with van der Waals surface area (Å²) in [5.41, 5.74) is 0.557. The molecule has 1 unspecified atom stereocenters. The van der Waals surface area contributed by atoms with E-state index in [2.05, 4.69) is 17.2 Å². The standard InChI is InChI=1S/C20H21F2N3O2/c1-2-15-5-3-4-10-25(15)20(27)18-11-13(8-9-23-18)19(26)24-14-6-7-16(21)17(22)12-14/h6-9,11-12,15H,2-5,10H2,1H3,(H,24,26). The Hall–Kier alpha value is -2.83. The zero-order chi connectivity index (χ0) is 19.4. The number of benzene rings is 1. The third kappa shape index (κ3) is 4.30. The molecule has 0 spiro atoms. The van der Waals surface area contributed by atoms with Gasteiger partial charge in [0.15, 0.2) is 11.6 Å². The first-order valence-electron chi connectivity index (χ1n) is 9.03. The van der Waals surface area contributed by atoms with Gasteiger partial charge in [-0.1, -0.05) is 6.92 Å². The van der Waals surface area contributed by atoms with Crippen LogP contribution in [0.1, 0.15) is 53.5 Å². The normalized spacial score (nSPS) is 16.9. The molecule has 1 fully saturated rings. The summed E-state index contributed by atoms with van der Waals surface area (Å²) in [5.74, 6) is -2.75. The van der Waals surface area contributed by atoms with Gasteiger partial charge < -0.3 is 10.2 Å². The fourth-order valence-electron chi connectivity index (χ4n) is 3.31. The maximum atomic E-state index is 13.3. The Balaban J connectivity index is 1.77. The van der Waals surface area contributed by atoms with Crippen LogP contribution >= 0.6 is 0 Å². The third-order valence-corrected chi connectivity index (χ3v) is 4.78. The molecule has 1 atom stereocenters. The lowest BCUT2D eigenvalue weighted by molar-refractivity contribution is 0.0602. The molecule has 0 aliphatic carbocycles. The van der Waals surface area contributed by atoms with E-state index >= 15 is 0 Å². The molecule has 1 aliphatic rings. The smallest absolute Gasteiger partial charge is 0.272 e. The van der Waals surface area contributed by atoms with Crippen LogP contribution in [0.2, 0.25) is 0 Å². The number of nitrogens with one attached hydrogen (secondary N) is 1. The Labute approximate surface area is 156 Å². The Morgan fingerprint density at radius 2 is 2.00 bits per heavy atom. The van der Waals surface area contributed by atoms with Crippen LogP contribution in [0.5, 0.6) is 0 Å². The predicted molar refractivity (Wildman–Crippen MR) is 97.5 cm³/mol. The van der Waals surface area contributed by atoms with Gasteiger partial charge >= 0.3 is 0 Å². The minimum Gasteiger partial charge on any atom is -0.334 e. The van der Waals surface area contributed by atoms with Gasteiger partial charge in [-0.05, 0) is 49.9 Å². The van der Waals surface area contributed by atoms with Gasteiger partial charge in [0, 0.05) is 36.1 Å². The summed E-state index contributed by atoms with van der Waals surface area (Å²) in [5, 5.41) is 2.49. The number of carbonyl (C=O) groups is 2. The number of rotatable bonds is 4. The van der Waals surface area contributed by atoms with Gasteiger partial charge in [-0.3, -0.25) is 14.6 Å². The summed E-state index contributed by atoms with van der Waals surface area (Å²) < 4.78 is 26.3. The molecule has 1 N–H and O–H groups in total. The number of hydrogen-bond donors (Lipinski definition) is 1. The molecule has 1 saturated heterocycles.